The highest BCUT2D eigenvalue weighted by Gasteiger charge is 2.27. The zero-order chi connectivity index (χ0) is 18.4. The Kier molecular flexibility index (Phi) is 7.00. The number of carbonyl (C=O) groups is 2. The van der Waals surface area contributed by atoms with Crippen molar-refractivity contribution in [3.05, 3.63) is 29.8 Å². The average Bonchev–Trinajstić information content (AvgIpc) is 2.56. The van der Waals surface area contributed by atoms with E-state index >= 15 is 0 Å². The predicted octanol–water partition coefficient (Wildman–Crippen LogP) is 3.09. The molecule has 0 aromatic heterocycles. The van der Waals surface area contributed by atoms with Gasteiger partial charge in [0.15, 0.2) is 0 Å². The van der Waals surface area contributed by atoms with Gasteiger partial charge in [-0.3, -0.25) is 9.59 Å². The van der Waals surface area contributed by atoms with Crippen LogP contribution in [-0.2, 0) is 9.59 Å². The van der Waals surface area contributed by atoms with E-state index in [2.05, 4.69) is 17.6 Å². The van der Waals surface area contributed by atoms with E-state index < -0.39 is 0 Å². The number of likely N-dealkylation sites (tertiary alicyclic amines) is 1. The molecule has 0 aliphatic carbocycles. The van der Waals surface area contributed by atoms with Crippen LogP contribution in [0.2, 0.25) is 0 Å². The van der Waals surface area contributed by atoms with Gasteiger partial charge >= 0.3 is 0 Å². The van der Waals surface area contributed by atoms with Gasteiger partial charge in [0, 0.05) is 30.7 Å². The van der Waals surface area contributed by atoms with Gasteiger partial charge in [-0.1, -0.05) is 18.2 Å². The number of hydrogen-bond donors (Lipinski definition) is 2. The molecule has 2 N–H and O–H groups in total. The normalized spacial score (nSPS) is 20.0. The molecule has 1 saturated heterocycles. The third kappa shape index (κ3) is 5.56. The summed E-state index contributed by atoms with van der Waals surface area (Å²) in [4.78, 5) is 26.8. The summed E-state index contributed by atoms with van der Waals surface area (Å²) in [5.41, 5.74) is 1.88. The first-order chi connectivity index (χ1) is 11.9. The number of benzene rings is 1. The van der Waals surface area contributed by atoms with Crippen molar-refractivity contribution >= 4 is 17.5 Å². The highest BCUT2D eigenvalue weighted by Crippen LogP contribution is 2.17. The Bertz CT molecular complexity index is 602. The van der Waals surface area contributed by atoms with Crippen molar-refractivity contribution < 1.29 is 9.59 Å². The molecule has 1 aliphatic heterocycles. The minimum Gasteiger partial charge on any atom is -0.339 e. The van der Waals surface area contributed by atoms with Crippen LogP contribution >= 0.6 is 0 Å². The van der Waals surface area contributed by atoms with Gasteiger partial charge in [-0.2, -0.15) is 0 Å². The maximum absolute atomic E-state index is 12.6. The van der Waals surface area contributed by atoms with E-state index in [-0.39, 0.29) is 23.9 Å². The van der Waals surface area contributed by atoms with Gasteiger partial charge in [-0.05, 0) is 58.6 Å². The van der Waals surface area contributed by atoms with Crippen molar-refractivity contribution in [3.63, 3.8) is 0 Å². The predicted molar refractivity (Wildman–Crippen MR) is 102 cm³/mol. The van der Waals surface area contributed by atoms with E-state index in [1.54, 1.807) is 0 Å². The molecule has 0 saturated carbocycles. The Hall–Kier alpha value is -1.88. The van der Waals surface area contributed by atoms with Gasteiger partial charge < -0.3 is 15.5 Å². The smallest absolute Gasteiger partial charge is 0.239 e. The molecule has 2 rings (SSSR count). The Morgan fingerprint density at radius 3 is 2.64 bits per heavy atom. The molecule has 5 nitrogen and oxygen atoms in total. The zero-order valence-electron chi connectivity index (χ0n) is 15.8. The first-order valence-corrected chi connectivity index (χ1v) is 9.30. The van der Waals surface area contributed by atoms with Gasteiger partial charge in [0.25, 0.3) is 0 Å². The summed E-state index contributed by atoms with van der Waals surface area (Å²) in [6.45, 7) is 8.76. The van der Waals surface area contributed by atoms with Crippen LogP contribution in [0, 0.1) is 6.92 Å². The molecule has 1 heterocycles. The summed E-state index contributed by atoms with van der Waals surface area (Å²) >= 11 is 0. The van der Waals surface area contributed by atoms with E-state index in [0.29, 0.717) is 12.5 Å². The summed E-state index contributed by atoms with van der Waals surface area (Å²) in [6, 6.07) is 7.69. The number of amides is 2. The second kappa shape index (κ2) is 8.99. The van der Waals surface area contributed by atoms with E-state index in [9.17, 15) is 9.59 Å². The second-order valence-corrected chi connectivity index (χ2v) is 7.23. The van der Waals surface area contributed by atoms with Crippen LogP contribution in [0.25, 0.3) is 0 Å². The number of rotatable bonds is 6. The fourth-order valence-electron chi connectivity index (χ4n) is 3.42. The number of nitrogens with one attached hydrogen (secondary N) is 2. The van der Waals surface area contributed by atoms with Crippen LogP contribution in [0.3, 0.4) is 0 Å². The minimum absolute atomic E-state index is 0.0414. The molecule has 1 fully saturated rings. The molecular formula is C20H31N3O2. The third-order valence-electron chi connectivity index (χ3n) is 4.90. The van der Waals surface area contributed by atoms with Crippen molar-refractivity contribution in [2.24, 2.45) is 0 Å². The number of hydrogen-bond acceptors (Lipinski definition) is 3. The molecule has 3 atom stereocenters. The highest BCUT2D eigenvalue weighted by molar-refractivity contribution is 5.91. The van der Waals surface area contributed by atoms with Gasteiger partial charge in [-0.15, -0.1) is 0 Å². The number of para-hydroxylation sites is 1. The lowest BCUT2D eigenvalue weighted by molar-refractivity contribution is -0.136. The van der Waals surface area contributed by atoms with E-state index in [4.69, 9.17) is 0 Å². The number of aryl methyl sites for hydroxylation is 1. The number of carbonyl (C=O) groups excluding carboxylic acids is 2. The number of nitrogens with zero attached hydrogens (tertiary/aromatic N) is 1. The largest absolute Gasteiger partial charge is 0.339 e. The number of piperidine rings is 1. The molecule has 25 heavy (non-hydrogen) atoms. The van der Waals surface area contributed by atoms with E-state index in [1.807, 2.05) is 49.9 Å². The standard InChI is InChI=1S/C20H31N3O2/c1-14-9-5-6-11-18(14)22-19(24)13-15(2)21-17(4)20(25)23-12-8-7-10-16(23)3/h5-6,9,11,15-17,21H,7-8,10,12-13H2,1-4H3,(H,22,24)/t15-,16-,17+/m0/s1. The van der Waals surface area contributed by atoms with Crippen LogP contribution in [0.1, 0.15) is 52.0 Å². The van der Waals surface area contributed by atoms with Crippen LogP contribution < -0.4 is 10.6 Å². The number of anilines is 1. The van der Waals surface area contributed by atoms with E-state index in [1.165, 1.54) is 6.42 Å². The van der Waals surface area contributed by atoms with Crippen LogP contribution in [0.15, 0.2) is 24.3 Å². The maximum Gasteiger partial charge on any atom is 0.239 e. The van der Waals surface area contributed by atoms with Crippen molar-refractivity contribution in [2.45, 2.75) is 71.5 Å². The summed E-state index contributed by atoms with van der Waals surface area (Å²) in [5, 5.41) is 6.22. The molecule has 1 aromatic rings. The fourth-order valence-corrected chi connectivity index (χ4v) is 3.42. The quantitative estimate of drug-likeness (QED) is 0.833. The second-order valence-electron chi connectivity index (χ2n) is 7.23. The summed E-state index contributed by atoms with van der Waals surface area (Å²) in [6.07, 6.45) is 3.69. The fraction of sp³-hybridized carbons (Fsp3) is 0.600. The van der Waals surface area contributed by atoms with Gasteiger partial charge in [0.05, 0.1) is 6.04 Å². The van der Waals surface area contributed by atoms with Crippen LogP contribution in [-0.4, -0.2) is 41.4 Å². The molecule has 5 heteroatoms. The van der Waals surface area contributed by atoms with Crippen molar-refractivity contribution in [2.75, 3.05) is 11.9 Å². The summed E-state index contributed by atoms with van der Waals surface area (Å²) < 4.78 is 0. The first kappa shape index (κ1) is 19.4. The molecule has 1 aromatic carbocycles. The monoisotopic (exact) mass is 345 g/mol. The molecule has 2 amide bonds. The average molecular weight is 345 g/mol. The van der Waals surface area contributed by atoms with Crippen molar-refractivity contribution in [1.82, 2.24) is 10.2 Å². The third-order valence-corrected chi connectivity index (χ3v) is 4.90. The first-order valence-electron chi connectivity index (χ1n) is 9.30. The van der Waals surface area contributed by atoms with Gasteiger partial charge in [0.2, 0.25) is 11.8 Å². The lowest BCUT2D eigenvalue weighted by Crippen LogP contribution is -2.52. The van der Waals surface area contributed by atoms with Crippen LogP contribution in [0.4, 0.5) is 5.69 Å². The Morgan fingerprint density at radius 1 is 1.24 bits per heavy atom. The Labute approximate surface area is 151 Å². The topological polar surface area (TPSA) is 61.4 Å². The maximum atomic E-state index is 12.6. The van der Waals surface area contributed by atoms with E-state index in [0.717, 1.165) is 30.6 Å². The molecule has 1 aliphatic rings. The van der Waals surface area contributed by atoms with Crippen LogP contribution in [0.5, 0.6) is 0 Å². The lowest BCUT2D eigenvalue weighted by atomic mass is 10.0. The van der Waals surface area contributed by atoms with Gasteiger partial charge in [-0.25, -0.2) is 0 Å². The Morgan fingerprint density at radius 2 is 1.96 bits per heavy atom. The zero-order valence-corrected chi connectivity index (χ0v) is 15.8. The molecule has 0 unspecified atom stereocenters. The molecule has 0 radical (unpaired) electrons. The summed E-state index contributed by atoms with van der Waals surface area (Å²) in [7, 11) is 0. The lowest BCUT2D eigenvalue weighted by Gasteiger charge is -2.36. The summed E-state index contributed by atoms with van der Waals surface area (Å²) in [5.74, 6) is 0.0960. The molecular weight excluding hydrogens is 314 g/mol. The van der Waals surface area contributed by atoms with Gasteiger partial charge in [0.1, 0.15) is 0 Å². The highest BCUT2D eigenvalue weighted by atomic mass is 16.2. The SMILES string of the molecule is Cc1ccccc1NC(=O)C[C@H](C)N[C@H](C)C(=O)N1CCCC[C@@H]1C. The van der Waals surface area contributed by atoms with Crippen molar-refractivity contribution in [3.8, 4) is 0 Å². The molecule has 0 spiro atoms. The minimum atomic E-state index is -0.276. The van der Waals surface area contributed by atoms with Crippen molar-refractivity contribution in [1.29, 1.82) is 0 Å². The molecule has 138 valence electrons. The Balaban J connectivity index is 1.82. The molecule has 0 bridgehead atoms.